The fourth-order valence-electron chi connectivity index (χ4n) is 2.02. The lowest BCUT2D eigenvalue weighted by Gasteiger charge is -2.12. The van der Waals surface area contributed by atoms with E-state index in [-0.39, 0.29) is 23.7 Å². The largest absolute Gasteiger partial charge is 0.477 e. The number of carbonyl (C=O) groups excluding carboxylic acids is 2. The lowest BCUT2D eigenvalue weighted by atomic mass is 10.2. The zero-order chi connectivity index (χ0) is 20.0. The van der Waals surface area contributed by atoms with E-state index in [1.807, 2.05) is 0 Å². The van der Waals surface area contributed by atoms with Gasteiger partial charge < -0.3 is 14.8 Å². The molecule has 0 radical (unpaired) electrons. The lowest BCUT2D eigenvalue weighted by molar-refractivity contribution is -0.137. The van der Waals surface area contributed by atoms with Crippen LogP contribution in [0.1, 0.15) is 22.8 Å². The number of ether oxygens (including phenoxy) is 2. The van der Waals surface area contributed by atoms with Gasteiger partial charge >= 0.3 is 12.1 Å². The van der Waals surface area contributed by atoms with Crippen molar-refractivity contribution in [2.75, 3.05) is 18.5 Å². The van der Waals surface area contributed by atoms with E-state index >= 15 is 0 Å². The molecule has 0 spiro atoms. The summed E-state index contributed by atoms with van der Waals surface area (Å²) in [6.07, 6.45) is -3.24. The number of nitrogens with zero attached hydrogens (tertiary/aromatic N) is 1. The maximum absolute atomic E-state index is 12.8. The smallest absolute Gasteiger partial charge is 0.417 e. The summed E-state index contributed by atoms with van der Waals surface area (Å²) in [6.45, 7) is 1.28. The van der Waals surface area contributed by atoms with Crippen LogP contribution < -0.4 is 10.1 Å². The molecule has 1 heterocycles. The second-order valence-corrected chi connectivity index (χ2v) is 5.51. The molecule has 1 aromatic heterocycles. The molecule has 0 aliphatic heterocycles. The van der Waals surface area contributed by atoms with Gasteiger partial charge in [-0.15, -0.1) is 0 Å². The van der Waals surface area contributed by atoms with Crippen molar-refractivity contribution >= 4 is 29.2 Å². The van der Waals surface area contributed by atoms with E-state index in [0.717, 1.165) is 6.07 Å². The molecule has 2 rings (SSSR count). The minimum atomic E-state index is -4.67. The number of nitrogens with one attached hydrogen (secondary N) is 1. The average Bonchev–Trinajstić information content (AvgIpc) is 2.61. The highest BCUT2D eigenvalue weighted by Crippen LogP contribution is 2.36. The molecule has 0 aliphatic carbocycles. The first-order valence-electron chi connectivity index (χ1n) is 7.64. The van der Waals surface area contributed by atoms with Crippen LogP contribution in [0.5, 0.6) is 5.88 Å². The zero-order valence-corrected chi connectivity index (χ0v) is 14.7. The topological polar surface area (TPSA) is 77.5 Å². The summed E-state index contributed by atoms with van der Waals surface area (Å²) in [6, 6.07) is 5.80. The zero-order valence-electron chi connectivity index (χ0n) is 14.0. The highest BCUT2D eigenvalue weighted by atomic mass is 35.5. The Morgan fingerprint density at radius 2 is 2.00 bits per heavy atom. The number of hydrogen-bond acceptors (Lipinski definition) is 5. The van der Waals surface area contributed by atoms with Gasteiger partial charge in [0.15, 0.2) is 6.61 Å². The summed E-state index contributed by atoms with van der Waals surface area (Å²) in [5.41, 5.74) is -1.20. The van der Waals surface area contributed by atoms with Crippen LogP contribution in [-0.2, 0) is 15.7 Å². The Bertz CT molecular complexity index is 843. The van der Waals surface area contributed by atoms with Crippen molar-refractivity contribution in [3.8, 4) is 5.88 Å². The van der Waals surface area contributed by atoms with Crippen LogP contribution in [0.15, 0.2) is 36.5 Å². The third-order valence-corrected chi connectivity index (χ3v) is 3.49. The fraction of sp³-hybridized carbons (Fsp3) is 0.235. The van der Waals surface area contributed by atoms with Crippen LogP contribution in [0, 0.1) is 0 Å². The van der Waals surface area contributed by atoms with E-state index < -0.39 is 35.2 Å². The van der Waals surface area contributed by atoms with Crippen LogP contribution in [0.3, 0.4) is 0 Å². The van der Waals surface area contributed by atoms with Gasteiger partial charge in [-0.1, -0.05) is 11.6 Å². The molecule has 1 aromatic carbocycles. The van der Waals surface area contributed by atoms with Crippen LogP contribution in [0.4, 0.5) is 18.9 Å². The highest BCUT2D eigenvalue weighted by Gasteiger charge is 2.33. The summed E-state index contributed by atoms with van der Waals surface area (Å²) in [5, 5.41) is 1.71. The van der Waals surface area contributed by atoms with Crippen molar-refractivity contribution in [2.24, 2.45) is 0 Å². The Kier molecular flexibility index (Phi) is 6.62. The third kappa shape index (κ3) is 5.58. The SMILES string of the molecule is CCOc1ncccc1C(=O)OCC(=O)Nc1ccc(Cl)c(C(F)(F)F)c1. The second-order valence-electron chi connectivity index (χ2n) is 5.11. The number of amides is 1. The maximum atomic E-state index is 12.8. The van der Waals surface area contributed by atoms with Gasteiger partial charge in [0, 0.05) is 11.9 Å². The molecule has 144 valence electrons. The van der Waals surface area contributed by atoms with E-state index in [1.54, 1.807) is 6.92 Å². The lowest BCUT2D eigenvalue weighted by Crippen LogP contribution is -2.21. The van der Waals surface area contributed by atoms with Crippen molar-refractivity contribution in [1.82, 2.24) is 4.98 Å². The Morgan fingerprint density at radius 3 is 2.67 bits per heavy atom. The Morgan fingerprint density at radius 1 is 1.26 bits per heavy atom. The molecule has 6 nitrogen and oxygen atoms in total. The predicted octanol–water partition coefficient (Wildman–Crippen LogP) is 3.95. The molecule has 0 atom stereocenters. The number of carbonyl (C=O) groups is 2. The number of esters is 1. The number of alkyl halides is 3. The quantitative estimate of drug-likeness (QED) is 0.740. The molecular weight excluding hydrogens is 389 g/mol. The first kappa shape index (κ1) is 20.5. The summed E-state index contributed by atoms with van der Waals surface area (Å²) in [7, 11) is 0. The summed E-state index contributed by atoms with van der Waals surface area (Å²) < 4.78 is 48.5. The van der Waals surface area contributed by atoms with Gasteiger partial charge in [-0.05, 0) is 37.3 Å². The summed E-state index contributed by atoms with van der Waals surface area (Å²) in [4.78, 5) is 27.8. The van der Waals surface area contributed by atoms with Crippen LogP contribution >= 0.6 is 11.6 Å². The monoisotopic (exact) mass is 402 g/mol. The first-order valence-corrected chi connectivity index (χ1v) is 8.01. The molecule has 10 heteroatoms. The molecule has 0 saturated carbocycles. The van der Waals surface area contributed by atoms with Gasteiger partial charge in [0.1, 0.15) is 5.56 Å². The van der Waals surface area contributed by atoms with Crippen LogP contribution in [0.25, 0.3) is 0 Å². The molecule has 0 unspecified atom stereocenters. The second kappa shape index (κ2) is 8.72. The van der Waals surface area contributed by atoms with Gasteiger partial charge in [-0.25, -0.2) is 9.78 Å². The number of benzene rings is 1. The number of pyridine rings is 1. The van der Waals surface area contributed by atoms with Crippen molar-refractivity contribution in [3.05, 3.63) is 52.7 Å². The molecular formula is C17H14ClF3N2O4. The Hall–Kier alpha value is -2.81. The van der Waals surface area contributed by atoms with Crippen LogP contribution in [0.2, 0.25) is 5.02 Å². The van der Waals surface area contributed by atoms with Crippen molar-refractivity contribution in [1.29, 1.82) is 0 Å². The number of anilines is 1. The number of halogens is 4. The van der Waals surface area contributed by atoms with Gasteiger partial charge in [0.2, 0.25) is 5.88 Å². The Balaban J connectivity index is 2.00. The first-order chi connectivity index (χ1) is 12.7. The van der Waals surface area contributed by atoms with E-state index in [2.05, 4.69) is 10.3 Å². The standard InChI is InChI=1S/C17H14ClF3N2O4/c1-2-26-15-11(4-3-7-22-15)16(25)27-9-14(24)23-10-5-6-13(18)12(8-10)17(19,20)21/h3-8H,2,9H2,1H3,(H,23,24). The fourth-order valence-corrected chi connectivity index (χ4v) is 2.25. The highest BCUT2D eigenvalue weighted by molar-refractivity contribution is 6.31. The molecule has 1 N–H and O–H groups in total. The van der Waals surface area contributed by atoms with E-state index in [0.29, 0.717) is 6.07 Å². The maximum Gasteiger partial charge on any atom is 0.417 e. The molecule has 1 amide bonds. The predicted molar refractivity (Wildman–Crippen MR) is 90.8 cm³/mol. The minimum Gasteiger partial charge on any atom is -0.477 e. The average molecular weight is 403 g/mol. The van der Waals surface area contributed by atoms with Gasteiger partial charge in [-0.2, -0.15) is 13.2 Å². The molecule has 0 aliphatic rings. The summed E-state index contributed by atoms with van der Waals surface area (Å²) in [5.74, 6) is -1.62. The van der Waals surface area contributed by atoms with E-state index in [9.17, 15) is 22.8 Å². The van der Waals surface area contributed by atoms with E-state index in [4.69, 9.17) is 21.1 Å². The van der Waals surface area contributed by atoms with Gasteiger partial charge in [-0.3, -0.25) is 4.79 Å². The minimum absolute atomic E-state index is 0.0259. The molecule has 0 saturated heterocycles. The third-order valence-electron chi connectivity index (χ3n) is 3.16. The number of hydrogen-bond donors (Lipinski definition) is 1. The molecule has 0 fully saturated rings. The molecule has 27 heavy (non-hydrogen) atoms. The number of rotatable bonds is 6. The van der Waals surface area contributed by atoms with E-state index in [1.165, 1.54) is 24.4 Å². The summed E-state index contributed by atoms with van der Waals surface area (Å²) >= 11 is 5.51. The van der Waals surface area contributed by atoms with Crippen molar-refractivity contribution in [3.63, 3.8) is 0 Å². The van der Waals surface area contributed by atoms with Gasteiger partial charge in [0.05, 0.1) is 17.2 Å². The van der Waals surface area contributed by atoms with Crippen molar-refractivity contribution in [2.45, 2.75) is 13.1 Å². The molecule has 2 aromatic rings. The normalized spacial score (nSPS) is 11.0. The van der Waals surface area contributed by atoms with Crippen LogP contribution in [-0.4, -0.2) is 30.1 Å². The number of aromatic nitrogens is 1. The van der Waals surface area contributed by atoms with Gasteiger partial charge in [0.25, 0.3) is 5.91 Å². The van der Waals surface area contributed by atoms with Crippen molar-refractivity contribution < 1.29 is 32.2 Å². The Labute approximate surface area is 157 Å². The molecule has 0 bridgehead atoms.